The summed E-state index contributed by atoms with van der Waals surface area (Å²) in [6.45, 7) is 0. The molecule has 0 radical (unpaired) electrons. The first-order valence-electron chi connectivity index (χ1n) is 8.38. The SMILES string of the molecule is COc1cc(-c2ccc(S(=O)(=O)Nc3cccc4cnn(C)c34)cn2)ccn1. The van der Waals surface area contributed by atoms with Crippen LogP contribution in [0.1, 0.15) is 0 Å². The van der Waals surface area contributed by atoms with Crippen LogP contribution >= 0.6 is 0 Å². The third-order valence-electron chi connectivity index (χ3n) is 4.29. The van der Waals surface area contributed by atoms with Gasteiger partial charge < -0.3 is 4.74 Å². The van der Waals surface area contributed by atoms with Crippen LogP contribution in [0, 0.1) is 0 Å². The summed E-state index contributed by atoms with van der Waals surface area (Å²) in [7, 11) is -0.507. The van der Waals surface area contributed by atoms with E-state index < -0.39 is 10.0 Å². The standard InChI is InChI=1S/C19H17N5O3S/c1-24-19-14(11-22-24)4-3-5-17(19)23-28(25,26)15-6-7-16(21-12-15)13-8-9-20-18(10-13)27-2/h3-12,23H,1-2H3. The van der Waals surface area contributed by atoms with E-state index in [0.717, 1.165) is 10.9 Å². The summed E-state index contributed by atoms with van der Waals surface area (Å²) in [4.78, 5) is 8.40. The lowest BCUT2D eigenvalue weighted by Crippen LogP contribution is -2.14. The third-order valence-corrected chi connectivity index (χ3v) is 5.64. The molecule has 1 aromatic carbocycles. The fourth-order valence-electron chi connectivity index (χ4n) is 2.91. The quantitative estimate of drug-likeness (QED) is 0.558. The van der Waals surface area contributed by atoms with Crippen LogP contribution in [0.2, 0.25) is 0 Å². The molecule has 4 aromatic rings. The number of anilines is 1. The third kappa shape index (κ3) is 3.27. The highest BCUT2D eigenvalue weighted by molar-refractivity contribution is 7.92. The van der Waals surface area contributed by atoms with E-state index in [0.29, 0.717) is 22.8 Å². The van der Waals surface area contributed by atoms with Gasteiger partial charge in [0.2, 0.25) is 5.88 Å². The minimum absolute atomic E-state index is 0.0662. The molecule has 0 aliphatic heterocycles. The van der Waals surface area contributed by atoms with Gasteiger partial charge in [0.05, 0.1) is 30.2 Å². The first-order valence-corrected chi connectivity index (χ1v) is 9.86. The van der Waals surface area contributed by atoms with Crippen LogP contribution in [0.3, 0.4) is 0 Å². The number of rotatable bonds is 5. The Bertz CT molecular complexity index is 1250. The number of nitrogens with one attached hydrogen (secondary N) is 1. The summed E-state index contributed by atoms with van der Waals surface area (Å²) >= 11 is 0. The molecule has 0 aliphatic carbocycles. The number of pyridine rings is 2. The van der Waals surface area contributed by atoms with E-state index in [-0.39, 0.29) is 4.90 Å². The van der Waals surface area contributed by atoms with Crippen molar-refractivity contribution < 1.29 is 13.2 Å². The molecule has 0 unspecified atom stereocenters. The minimum atomic E-state index is -3.80. The van der Waals surface area contributed by atoms with Gasteiger partial charge in [-0.05, 0) is 24.3 Å². The van der Waals surface area contributed by atoms with Crippen LogP contribution in [0.5, 0.6) is 5.88 Å². The number of aromatic nitrogens is 4. The Morgan fingerprint density at radius 3 is 2.68 bits per heavy atom. The van der Waals surface area contributed by atoms with Crippen molar-refractivity contribution in [2.45, 2.75) is 4.90 Å². The van der Waals surface area contributed by atoms with Crippen molar-refractivity contribution in [1.82, 2.24) is 19.7 Å². The topological polar surface area (TPSA) is 99.0 Å². The Kier molecular flexibility index (Phi) is 4.44. The van der Waals surface area contributed by atoms with Gasteiger partial charge in [0.1, 0.15) is 4.90 Å². The van der Waals surface area contributed by atoms with Gasteiger partial charge in [-0.3, -0.25) is 14.4 Å². The molecule has 3 heterocycles. The molecule has 0 amide bonds. The summed E-state index contributed by atoms with van der Waals surface area (Å²) in [5.41, 5.74) is 2.57. The number of ether oxygens (including phenoxy) is 1. The zero-order valence-corrected chi connectivity index (χ0v) is 16.0. The molecule has 3 aromatic heterocycles. The lowest BCUT2D eigenvalue weighted by molar-refractivity contribution is 0.398. The molecule has 0 aliphatic rings. The van der Waals surface area contributed by atoms with E-state index in [4.69, 9.17) is 4.74 Å². The molecule has 1 N–H and O–H groups in total. The van der Waals surface area contributed by atoms with E-state index in [9.17, 15) is 8.42 Å². The van der Waals surface area contributed by atoms with Crippen molar-refractivity contribution in [1.29, 1.82) is 0 Å². The highest BCUT2D eigenvalue weighted by Gasteiger charge is 2.17. The number of hydrogen-bond acceptors (Lipinski definition) is 6. The maximum absolute atomic E-state index is 12.8. The highest BCUT2D eigenvalue weighted by Crippen LogP contribution is 2.26. The number of fused-ring (bicyclic) bond motifs is 1. The number of methoxy groups -OCH3 is 1. The van der Waals surface area contributed by atoms with E-state index >= 15 is 0 Å². The zero-order chi connectivity index (χ0) is 19.7. The van der Waals surface area contributed by atoms with E-state index in [1.165, 1.54) is 19.4 Å². The number of aryl methyl sites for hydroxylation is 1. The molecule has 142 valence electrons. The molecule has 0 spiro atoms. The van der Waals surface area contributed by atoms with Crippen molar-refractivity contribution in [2.24, 2.45) is 7.05 Å². The number of hydrogen-bond donors (Lipinski definition) is 1. The summed E-state index contributed by atoms with van der Waals surface area (Å²) in [5.74, 6) is 0.460. The van der Waals surface area contributed by atoms with Crippen molar-refractivity contribution in [3.63, 3.8) is 0 Å². The fraction of sp³-hybridized carbons (Fsp3) is 0.105. The molecule has 0 saturated heterocycles. The molecule has 0 fully saturated rings. The van der Waals surface area contributed by atoms with Crippen molar-refractivity contribution in [3.8, 4) is 17.1 Å². The van der Waals surface area contributed by atoms with Gasteiger partial charge in [-0.15, -0.1) is 0 Å². The highest BCUT2D eigenvalue weighted by atomic mass is 32.2. The monoisotopic (exact) mass is 395 g/mol. The smallest absolute Gasteiger partial charge is 0.263 e. The number of benzene rings is 1. The van der Waals surface area contributed by atoms with Crippen molar-refractivity contribution in [3.05, 3.63) is 61.1 Å². The maximum Gasteiger partial charge on any atom is 0.263 e. The summed E-state index contributed by atoms with van der Waals surface area (Å²) in [6.07, 6.45) is 4.62. The molecule has 0 saturated carbocycles. The number of nitrogens with zero attached hydrogens (tertiary/aromatic N) is 4. The average molecular weight is 395 g/mol. The lowest BCUT2D eigenvalue weighted by atomic mass is 10.2. The molecule has 4 rings (SSSR count). The van der Waals surface area contributed by atoms with E-state index in [2.05, 4.69) is 19.8 Å². The van der Waals surface area contributed by atoms with Gasteiger partial charge >= 0.3 is 0 Å². The summed E-state index contributed by atoms with van der Waals surface area (Å²) in [5, 5.41) is 5.02. The van der Waals surface area contributed by atoms with Crippen LogP contribution in [0.15, 0.2) is 66.0 Å². The van der Waals surface area contributed by atoms with Gasteiger partial charge in [-0.2, -0.15) is 5.10 Å². The second kappa shape index (κ2) is 6.93. The van der Waals surface area contributed by atoms with E-state index in [1.807, 2.05) is 6.07 Å². The zero-order valence-electron chi connectivity index (χ0n) is 15.2. The molecular formula is C19H17N5O3S. The molecular weight excluding hydrogens is 378 g/mol. The first-order chi connectivity index (χ1) is 13.5. The largest absolute Gasteiger partial charge is 0.481 e. The number of sulfonamides is 1. The lowest BCUT2D eigenvalue weighted by Gasteiger charge is -2.10. The van der Waals surface area contributed by atoms with Crippen LogP contribution in [-0.4, -0.2) is 35.3 Å². The Morgan fingerprint density at radius 2 is 1.93 bits per heavy atom. The van der Waals surface area contributed by atoms with Gasteiger partial charge in [0, 0.05) is 36.5 Å². The van der Waals surface area contributed by atoms with Gasteiger partial charge in [0.25, 0.3) is 10.0 Å². The summed E-state index contributed by atoms with van der Waals surface area (Å²) < 4.78 is 35.0. The first kappa shape index (κ1) is 17.9. The maximum atomic E-state index is 12.8. The Hall–Kier alpha value is -3.46. The van der Waals surface area contributed by atoms with Crippen LogP contribution in [0.25, 0.3) is 22.2 Å². The summed E-state index contributed by atoms with van der Waals surface area (Å²) in [6, 6.07) is 12.0. The van der Waals surface area contributed by atoms with E-state index in [1.54, 1.807) is 54.5 Å². The van der Waals surface area contributed by atoms with Crippen molar-refractivity contribution >= 4 is 26.6 Å². The fourth-order valence-corrected chi connectivity index (χ4v) is 3.92. The number of para-hydroxylation sites is 1. The van der Waals surface area contributed by atoms with Crippen molar-refractivity contribution in [2.75, 3.05) is 11.8 Å². The molecule has 28 heavy (non-hydrogen) atoms. The molecule has 9 heteroatoms. The molecule has 0 bridgehead atoms. The van der Waals surface area contributed by atoms with Gasteiger partial charge in [-0.1, -0.05) is 12.1 Å². The van der Waals surface area contributed by atoms with Crippen LogP contribution in [0.4, 0.5) is 5.69 Å². The van der Waals surface area contributed by atoms with Gasteiger partial charge in [-0.25, -0.2) is 13.4 Å². The second-order valence-corrected chi connectivity index (χ2v) is 7.77. The second-order valence-electron chi connectivity index (χ2n) is 6.08. The Labute approximate surface area is 161 Å². The van der Waals surface area contributed by atoms with Crippen LogP contribution < -0.4 is 9.46 Å². The average Bonchev–Trinajstić information content (AvgIpc) is 3.10. The molecule has 8 nitrogen and oxygen atoms in total. The van der Waals surface area contributed by atoms with Gasteiger partial charge in [0.15, 0.2) is 0 Å². The molecule has 0 atom stereocenters. The normalized spacial score (nSPS) is 11.5. The Morgan fingerprint density at radius 1 is 1.07 bits per heavy atom. The Balaban J connectivity index is 1.65. The predicted octanol–water partition coefficient (Wildman–Crippen LogP) is 2.84. The predicted molar refractivity (Wildman–Crippen MR) is 106 cm³/mol. The van der Waals surface area contributed by atoms with Crippen LogP contribution in [-0.2, 0) is 17.1 Å². The minimum Gasteiger partial charge on any atom is -0.481 e.